The summed E-state index contributed by atoms with van der Waals surface area (Å²) in [5.41, 5.74) is 0.578. The van der Waals surface area contributed by atoms with Crippen molar-refractivity contribution in [2.45, 2.75) is 59.0 Å². The van der Waals surface area contributed by atoms with Crippen LogP contribution in [0.25, 0.3) is 0 Å². The molecule has 1 heterocycles. The Balaban J connectivity index is 1.89. The molecule has 1 aliphatic rings. The number of piperidine rings is 1. The third kappa shape index (κ3) is 6.09. The van der Waals surface area contributed by atoms with Crippen LogP contribution in [0.3, 0.4) is 0 Å². The molecule has 1 saturated heterocycles. The minimum Gasteiger partial charge on any atom is -0.460 e. The number of benzene rings is 2. The van der Waals surface area contributed by atoms with Crippen molar-refractivity contribution < 1.29 is 23.6 Å². The van der Waals surface area contributed by atoms with Crippen LogP contribution in [0.15, 0.2) is 30.3 Å². The van der Waals surface area contributed by atoms with E-state index in [1.165, 1.54) is 12.1 Å². The average Bonchev–Trinajstić information content (AvgIpc) is 2.74. The molecule has 8 nitrogen and oxygen atoms in total. The van der Waals surface area contributed by atoms with Crippen molar-refractivity contribution in [3.63, 3.8) is 0 Å². The fourth-order valence-electron chi connectivity index (χ4n) is 4.11. The zero-order valence-electron chi connectivity index (χ0n) is 19.9. The monoisotopic (exact) mass is 471 g/mol. The van der Waals surface area contributed by atoms with Gasteiger partial charge in [0.15, 0.2) is 0 Å². The third-order valence-corrected chi connectivity index (χ3v) is 5.60. The maximum atomic E-state index is 13.9. The van der Waals surface area contributed by atoms with Crippen molar-refractivity contribution in [3.05, 3.63) is 63.0 Å². The van der Waals surface area contributed by atoms with E-state index in [2.05, 4.69) is 5.32 Å². The van der Waals surface area contributed by atoms with E-state index in [1.54, 1.807) is 39.8 Å². The molecular weight excluding hydrogens is 441 g/mol. The van der Waals surface area contributed by atoms with Gasteiger partial charge in [0.05, 0.1) is 11.3 Å². The Labute approximate surface area is 198 Å². The summed E-state index contributed by atoms with van der Waals surface area (Å²) in [6.45, 7) is 8.19. The first-order chi connectivity index (χ1) is 16.0. The summed E-state index contributed by atoms with van der Waals surface area (Å²) >= 11 is 0. The molecular formula is C25H30FN3O5. The normalized spacial score (nSPS) is 14.0. The number of halogens is 1. The Hall–Kier alpha value is -3.49. The highest BCUT2D eigenvalue weighted by Gasteiger charge is 2.27. The first-order valence-electron chi connectivity index (χ1n) is 11.3. The van der Waals surface area contributed by atoms with Gasteiger partial charge in [-0.15, -0.1) is 0 Å². The lowest BCUT2D eigenvalue weighted by Crippen LogP contribution is -2.30. The second-order valence-electron chi connectivity index (χ2n) is 9.43. The van der Waals surface area contributed by atoms with Crippen molar-refractivity contribution in [2.75, 3.05) is 23.3 Å². The lowest BCUT2D eigenvalue weighted by Gasteiger charge is -2.29. The number of carbonyl (C=O) groups is 2. The Bertz CT molecular complexity index is 1100. The first-order valence-corrected chi connectivity index (χ1v) is 11.3. The summed E-state index contributed by atoms with van der Waals surface area (Å²) < 4.78 is 19.2. The number of nitrogens with one attached hydrogen (secondary N) is 1. The first kappa shape index (κ1) is 25.1. The van der Waals surface area contributed by atoms with Gasteiger partial charge in [0, 0.05) is 29.9 Å². The van der Waals surface area contributed by atoms with Gasteiger partial charge in [-0.05, 0) is 82.9 Å². The fraction of sp³-hybridized carbons (Fsp3) is 0.440. The van der Waals surface area contributed by atoms with Crippen LogP contribution in [0.4, 0.5) is 21.5 Å². The van der Waals surface area contributed by atoms with Gasteiger partial charge in [-0.2, -0.15) is 0 Å². The van der Waals surface area contributed by atoms with Gasteiger partial charge in [0.25, 0.3) is 11.6 Å². The van der Waals surface area contributed by atoms with Gasteiger partial charge in [0.2, 0.25) is 0 Å². The molecule has 9 heteroatoms. The number of nitro benzene ring substituents is 1. The molecule has 1 aliphatic heterocycles. The second-order valence-corrected chi connectivity index (χ2v) is 9.43. The summed E-state index contributed by atoms with van der Waals surface area (Å²) in [5.74, 6) is -1.71. The average molecular weight is 472 g/mol. The van der Waals surface area contributed by atoms with Crippen LogP contribution in [-0.2, 0) is 16.0 Å². The molecule has 0 saturated carbocycles. The van der Waals surface area contributed by atoms with E-state index in [1.807, 2.05) is 4.90 Å². The maximum absolute atomic E-state index is 13.9. The number of nitro groups is 1. The van der Waals surface area contributed by atoms with Crippen LogP contribution in [0.2, 0.25) is 0 Å². The van der Waals surface area contributed by atoms with E-state index < -0.39 is 28.2 Å². The molecule has 1 N–H and O–H groups in total. The Morgan fingerprint density at radius 3 is 2.44 bits per heavy atom. The largest absolute Gasteiger partial charge is 0.460 e. The lowest BCUT2D eigenvalue weighted by atomic mass is 10.0. The van der Waals surface area contributed by atoms with E-state index in [9.17, 15) is 24.1 Å². The zero-order valence-corrected chi connectivity index (χ0v) is 19.9. The molecule has 2 aromatic carbocycles. The van der Waals surface area contributed by atoms with Crippen molar-refractivity contribution in [1.82, 2.24) is 0 Å². The van der Waals surface area contributed by atoms with Gasteiger partial charge in [0.1, 0.15) is 17.1 Å². The Kier molecular flexibility index (Phi) is 7.54. The maximum Gasteiger partial charge on any atom is 0.310 e. The number of hydrogen-bond acceptors (Lipinski definition) is 6. The Morgan fingerprint density at radius 1 is 1.15 bits per heavy atom. The summed E-state index contributed by atoms with van der Waals surface area (Å²) in [5, 5.41) is 14.6. The highest BCUT2D eigenvalue weighted by Crippen LogP contribution is 2.35. The molecule has 0 aromatic heterocycles. The second kappa shape index (κ2) is 10.2. The molecule has 2 aromatic rings. The smallest absolute Gasteiger partial charge is 0.310 e. The van der Waals surface area contributed by atoms with Gasteiger partial charge >= 0.3 is 5.97 Å². The summed E-state index contributed by atoms with van der Waals surface area (Å²) in [6, 6.07) is 6.87. The number of carbonyl (C=O) groups excluding carboxylic acids is 2. The number of amides is 1. The van der Waals surface area contributed by atoms with Crippen molar-refractivity contribution in [2.24, 2.45) is 0 Å². The molecule has 0 unspecified atom stereocenters. The number of hydrogen-bond donors (Lipinski definition) is 1. The van der Waals surface area contributed by atoms with Gasteiger partial charge in [-0.1, -0.05) is 0 Å². The number of anilines is 2. The van der Waals surface area contributed by atoms with Crippen molar-refractivity contribution in [3.8, 4) is 0 Å². The molecule has 1 amide bonds. The SMILES string of the molecule is Cc1c(C(=O)Nc2ccc(F)cc2CC(=O)OC(C)(C)C)ccc(N2CCCCC2)c1[N+](=O)[O-]. The number of nitrogens with zero attached hydrogens (tertiary/aromatic N) is 2. The summed E-state index contributed by atoms with van der Waals surface area (Å²) in [6.07, 6.45) is 2.78. The van der Waals surface area contributed by atoms with Crippen LogP contribution in [0.5, 0.6) is 0 Å². The lowest BCUT2D eigenvalue weighted by molar-refractivity contribution is -0.384. The highest BCUT2D eigenvalue weighted by molar-refractivity contribution is 6.07. The van der Waals surface area contributed by atoms with E-state index in [0.29, 0.717) is 5.69 Å². The van der Waals surface area contributed by atoms with E-state index in [-0.39, 0.29) is 34.5 Å². The predicted octanol–water partition coefficient (Wildman–Crippen LogP) is 5.17. The fourth-order valence-corrected chi connectivity index (χ4v) is 4.11. The molecule has 182 valence electrons. The number of esters is 1. The quantitative estimate of drug-likeness (QED) is 0.354. The topological polar surface area (TPSA) is 102 Å². The third-order valence-electron chi connectivity index (χ3n) is 5.60. The molecule has 0 spiro atoms. The van der Waals surface area contributed by atoms with Gasteiger partial charge in [-0.3, -0.25) is 19.7 Å². The molecule has 0 atom stereocenters. The molecule has 3 rings (SSSR count). The van der Waals surface area contributed by atoms with Gasteiger partial charge < -0.3 is 15.0 Å². The number of rotatable bonds is 6. The molecule has 0 bridgehead atoms. The standard InChI is InChI=1S/C25H30FN3O5/c1-16-19(9-11-21(23(16)29(32)33)28-12-6-5-7-13-28)24(31)27-20-10-8-18(26)14-17(20)15-22(30)34-25(2,3)4/h8-11,14H,5-7,12-13,15H2,1-4H3,(H,27,31). The molecule has 1 fully saturated rings. The highest BCUT2D eigenvalue weighted by atomic mass is 19.1. The van der Waals surface area contributed by atoms with Crippen LogP contribution in [0, 0.1) is 22.9 Å². The summed E-state index contributed by atoms with van der Waals surface area (Å²) in [7, 11) is 0. The van der Waals surface area contributed by atoms with Crippen molar-refractivity contribution in [1.29, 1.82) is 0 Å². The Morgan fingerprint density at radius 2 is 1.82 bits per heavy atom. The summed E-state index contributed by atoms with van der Waals surface area (Å²) in [4.78, 5) is 38.8. The van der Waals surface area contributed by atoms with Crippen LogP contribution in [-0.4, -0.2) is 35.5 Å². The minimum atomic E-state index is -0.708. The molecule has 0 radical (unpaired) electrons. The van der Waals surface area contributed by atoms with Gasteiger partial charge in [-0.25, -0.2) is 4.39 Å². The van der Waals surface area contributed by atoms with Crippen LogP contribution >= 0.6 is 0 Å². The predicted molar refractivity (Wildman–Crippen MR) is 128 cm³/mol. The van der Waals surface area contributed by atoms with E-state index >= 15 is 0 Å². The van der Waals surface area contributed by atoms with Crippen LogP contribution < -0.4 is 10.2 Å². The van der Waals surface area contributed by atoms with Crippen LogP contribution in [0.1, 0.15) is 61.5 Å². The molecule has 0 aliphatic carbocycles. The van der Waals surface area contributed by atoms with E-state index in [0.717, 1.165) is 38.4 Å². The van der Waals surface area contributed by atoms with Crippen molar-refractivity contribution >= 4 is 28.9 Å². The minimum absolute atomic E-state index is 0.0948. The molecule has 34 heavy (non-hydrogen) atoms. The zero-order chi connectivity index (χ0) is 25.0. The number of ether oxygens (including phenoxy) is 1. The van der Waals surface area contributed by atoms with E-state index in [4.69, 9.17) is 4.74 Å².